The van der Waals surface area contributed by atoms with Crippen molar-refractivity contribution in [2.45, 2.75) is 231 Å². The third kappa shape index (κ3) is 40.7. The van der Waals surface area contributed by atoms with Crippen molar-refractivity contribution in [3.8, 4) is 0 Å². The molecule has 0 rings (SSSR count). The summed E-state index contributed by atoms with van der Waals surface area (Å²) in [4.78, 5) is 46.0. The zero-order valence-electron chi connectivity index (χ0n) is 36.9. The van der Waals surface area contributed by atoms with Gasteiger partial charge in [-0.1, -0.05) is 192 Å². The summed E-state index contributed by atoms with van der Waals surface area (Å²) in [6, 6.07) is -1.52. The van der Waals surface area contributed by atoms with Crippen molar-refractivity contribution in [1.82, 2.24) is 0 Å². The Hall–Kier alpha value is -2.04. The van der Waals surface area contributed by atoms with E-state index in [0.29, 0.717) is 12.8 Å². The first-order chi connectivity index (χ1) is 28.1. The minimum Gasteiger partial charge on any atom is -0.480 e. The highest BCUT2D eigenvalue weighted by Crippen LogP contribution is 2.43. The van der Waals surface area contributed by atoms with Gasteiger partial charge in [-0.25, -0.2) is 4.57 Å². The van der Waals surface area contributed by atoms with Crippen LogP contribution in [0.3, 0.4) is 0 Å². The molecule has 340 valence electrons. The monoisotopic (exact) mass is 844 g/mol. The molecule has 3 atom stereocenters. The molecule has 0 fully saturated rings. The summed E-state index contributed by atoms with van der Waals surface area (Å²) in [7, 11) is -4.72. The van der Waals surface area contributed by atoms with Crippen molar-refractivity contribution >= 4 is 25.7 Å². The third-order valence-corrected chi connectivity index (χ3v) is 11.1. The number of esters is 2. The number of carbonyl (C=O) groups excluding carboxylic acids is 2. The average Bonchev–Trinajstić information content (AvgIpc) is 3.20. The number of rotatable bonds is 44. The van der Waals surface area contributed by atoms with Crippen LogP contribution in [0.4, 0.5) is 0 Å². The molecule has 12 heteroatoms. The summed E-state index contributed by atoms with van der Waals surface area (Å²) in [5, 5.41) is 8.89. The van der Waals surface area contributed by atoms with Crippen molar-refractivity contribution in [3.63, 3.8) is 0 Å². The molecule has 0 aromatic heterocycles. The highest BCUT2D eigenvalue weighted by Gasteiger charge is 2.28. The van der Waals surface area contributed by atoms with E-state index in [9.17, 15) is 23.8 Å². The molecule has 0 aliphatic heterocycles. The van der Waals surface area contributed by atoms with Crippen LogP contribution in [0, 0.1) is 0 Å². The maximum atomic E-state index is 12.6. The second-order valence-corrected chi connectivity index (χ2v) is 17.3. The molecular weight excluding hydrogens is 757 g/mol. The fourth-order valence-corrected chi connectivity index (χ4v) is 7.29. The van der Waals surface area contributed by atoms with E-state index in [1.165, 1.54) is 109 Å². The van der Waals surface area contributed by atoms with Crippen LogP contribution in [0.5, 0.6) is 0 Å². The molecule has 0 heterocycles. The number of hydrogen-bond donors (Lipinski definition) is 3. The average molecular weight is 844 g/mol. The van der Waals surface area contributed by atoms with E-state index in [-0.39, 0.29) is 19.4 Å². The van der Waals surface area contributed by atoms with Gasteiger partial charge in [0, 0.05) is 12.8 Å². The van der Waals surface area contributed by atoms with Gasteiger partial charge in [-0.15, -0.1) is 0 Å². The molecule has 4 N–H and O–H groups in total. The lowest BCUT2D eigenvalue weighted by atomic mass is 10.0. The van der Waals surface area contributed by atoms with Gasteiger partial charge in [-0.3, -0.25) is 23.4 Å². The first-order valence-corrected chi connectivity index (χ1v) is 24.9. The van der Waals surface area contributed by atoms with Gasteiger partial charge >= 0.3 is 25.7 Å². The van der Waals surface area contributed by atoms with Gasteiger partial charge in [0.2, 0.25) is 0 Å². The lowest BCUT2D eigenvalue weighted by Crippen LogP contribution is -2.34. The smallest absolute Gasteiger partial charge is 0.472 e. The number of carboxylic acid groups (broad SMARTS) is 1. The van der Waals surface area contributed by atoms with Crippen LogP contribution in [0.25, 0.3) is 0 Å². The van der Waals surface area contributed by atoms with E-state index >= 15 is 0 Å². The fourth-order valence-electron chi connectivity index (χ4n) is 6.52. The summed E-state index contributed by atoms with van der Waals surface area (Å²) in [5.41, 5.74) is 5.34. The first kappa shape index (κ1) is 56.0. The number of ether oxygens (including phenoxy) is 2. The number of carbonyl (C=O) groups is 3. The number of aliphatic carboxylic acids is 1. The molecule has 3 unspecified atom stereocenters. The normalized spacial score (nSPS) is 13.9. The molecule has 0 saturated carbocycles. The van der Waals surface area contributed by atoms with Crippen LogP contribution < -0.4 is 5.73 Å². The van der Waals surface area contributed by atoms with Crippen LogP contribution in [0.1, 0.15) is 219 Å². The Labute approximate surface area is 353 Å². The Bertz CT molecular complexity index is 1080. The maximum absolute atomic E-state index is 12.6. The number of allylic oxidation sites excluding steroid dienone is 4. The molecule has 58 heavy (non-hydrogen) atoms. The third-order valence-electron chi connectivity index (χ3n) is 10.2. The predicted molar refractivity (Wildman–Crippen MR) is 236 cm³/mol. The van der Waals surface area contributed by atoms with Crippen molar-refractivity contribution in [2.24, 2.45) is 5.73 Å². The van der Waals surface area contributed by atoms with Crippen LogP contribution >= 0.6 is 7.82 Å². The maximum Gasteiger partial charge on any atom is 0.472 e. The zero-order valence-corrected chi connectivity index (χ0v) is 37.8. The van der Waals surface area contributed by atoms with Gasteiger partial charge in [0.1, 0.15) is 12.6 Å². The van der Waals surface area contributed by atoms with Crippen molar-refractivity contribution in [2.75, 3.05) is 19.8 Å². The quantitative estimate of drug-likeness (QED) is 0.0231. The van der Waals surface area contributed by atoms with Gasteiger partial charge in [0.05, 0.1) is 13.2 Å². The number of unbranched alkanes of at least 4 members (excludes halogenated alkanes) is 26. The van der Waals surface area contributed by atoms with E-state index < -0.39 is 51.1 Å². The Morgan fingerprint density at radius 2 is 0.948 bits per heavy atom. The molecule has 0 amide bonds. The van der Waals surface area contributed by atoms with Crippen molar-refractivity contribution in [3.05, 3.63) is 24.3 Å². The number of hydrogen-bond acceptors (Lipinski definition) is 9. The summed E-state index contributed by atoms with van der Waals surface area (Å²) in [6.45, 7) is 2.75. The van der Waals surface area contributed by atoms with E-state index in [0.717, 1.165) is 70.6 Å². The van der Waals surface area contributed by atoms with Crippen LogP contribution in [0.2, 0.25) is 0 Å². The molecule has 0 aromatic rings. The predicted octanol–water partition coefficient (Wildman–Crippen LogP) is 12.6. The molecule has 0 bridgehead atoms. The van der Waals surface area contributed by atoms with Crippen LogP contribution in [0.15, 0.2) is 24.3 Å². The van der Waals surface area contributed by atoms with Crippen LogP contribution in [-0.2, 0) is 37.5 Å². The number of phosphoric ester groups is 1. The fraction of sp³-hybridized carbons (Fsp3) is 0.848. The molecule has 11 nitrogen and oxygen atoms in total. The van der Waals surface area contributed by atoms with Gasteiger partial charge in [-0.05, 0) is 38.5 Å². The number of nitrogens with two attached hydrogens (primary N) is 1. The Morgan fingerprint density at radius 1 is 0.534 bits per heavy atom. The SMILES string of the molecule is CCC/C=C\C/C=C\CCCCCCCC(=O)OC(COC(=O)CCCCCCCCCCCCCCCCCCCCCCC)COP(=O)(O)OCC(N)C(=O)O. The van der Waals surface area contributed by atoms with E-state index in [1.807, 2.05) is 0 Å². The number of carboxylic acids is 1. The Morgan fingerprint density at radius 3 is 1.41 bits per heavy atom. The largest absolute Gasteiger partial charge is 0.480 e. The van der Waals surface area contributed by atoms with Crippen molar-refractivity contribution < 1.29 is 47.5 Å². The summed E-state index contributed by atoms with van der Waals surface area (Å²) >= 11 is 0. The standard InChI is InChI=1S/C46H86NO10P/c1-3-5-7-9-11-13-15-17-18-19-20-21-22-23-24-26-27-29-31-33-35-37-44(48)54-39-42(40-55-58(52,53)56-41-43(47)46(50)51)57-45(49)38-36-34-32-30-28-25-16-14-12-10-8-6-4-2/h8,10,14,16,42-43H,3-7,9,11-13,15,17-41,47H2,1-2H3,(H,50,51)(H,52,53)/b10-8-,16-14-. The minimum atomic E-state index is -4.72. The summed E-state index contributed by atoms with van der Waals surface area (Å²) < 4.78 is 32.7. The van der Waals surface area contributed by atoms with E-state index in [1.54, 1.807) is 0 Å². The molecular formula is C46H86NO10P. The van der Waals surface area contributed by atoms with E-state index in [2.05, 4.69) is 42.7 Å². The Kier molecular flexibility index (Phi) is 40.2. The van der Waals surface area contributed by atoms with Gasteiger partial charge in [0.15, 0.2) is 6.10 Å². The topological polar surface area (TPSA) is 172 Å². The second kappa shape index (κ2) is 41.7. The molecule has 0 saturated heterocycles. The molecule has 0 aromatic carbocycles. The minimum absolute atomic E-state index is 0.147. The second-order valence-electron chi connectivity index (χ2n) is 15.9. The van der Waals surface area contributed by atoms with Gasteiger partial charge in [-0.2, -0.15) is 0 Å². The summed E-state index contributed by atoms with van der Waals surface area (Å²) in [6.07, 6.45) is 43.9. The number of phosphoric acid groups is 1. The summed E-state index contributed by atoms with van der Waals surface area (Å²) in [5.74, 6) is -2.39. The van der Waals surface area contributed by atoms with E-state index in [4.69, 9.17) is 24.8 Å². The lowest BCUT2D eigenvalue weighted by molar-refractivity contribution is -0.161. The molecule has 0 aliphatic rings. The van der Waals surface area contributed by atoms with Gasteiger partial charge in [0.25, 0.3) is 0 Å². The Balaban J connectivity index is 4.23. The molecule has 0 spiro atoms. The highest BCUT2D eigenvalue weighted by molar-refractivity contribution is 7.47. The van der Waals surface area contributed by atoms with Crippen LogP contribution in [-0.4, -0.2) is 59.9 Å². The molecule has 0 radical (unpaired) electrons. The zero-order chi connectivity index (χ0) is 42.8. The van der Waals surface area contributed by atoms with Gasteiger partial charge < -0.3 is 25.2 Å². The molecule has 0 aliphatic carbocycles. The van der Waals surface area contributed by atoms with Crippen molar-refractivity contribution in [1.29, 1.82) is 0 Å². The highest BCUT2D eigenvalue weighted by atomic mass is 31.2. The first-order valence-electron chi connectivity index (χ1n) is 23.4. The lowest BCUT2D eigenvalue weighted by Gasteiger charge is -2.20.